The highest BCUT2D eigenvalue weighted by Gasteiger charge is 2.49. The first kappa shape index (κ1) is 23.0. The first-order valence-corrected chi connectivity index (χ1v) is 10.5. The number of alkyl halides is 1. The van der Waals surface area contributed by atoms with Crippen LogP contribution in [0.1, 0.15) is 19.4 Å². The number of likely N-dealkylation sites (tertiary alicyclic amines) is 1. The lowest BCUT2D eigenvalue weighted by Crippen LogP contribution is -2.60. The summed E-state index contributed by atoms with van der Waals surface area (Å²) in [6.45, 7) is 3.55. The van der Waals surface area contributed by atoms with Crippen molar-refractivity contribution in [3.8, 4) is 5.75 Å². The lowest BCUT2D eigenvalue weighted by molar-refractivity contribution is -0.149. The summed E-state index contributed by atoms with van der Waals surface area (Å²) in [7, 11) is 2.86. The van der Waals surface area contributed by atoms with Gasteiger partial charge in [-0.05, 0) is 42.5 Å². The standard InChI is InChI=1S/C20H22BrNO6S/c1-12(2)17(20(25)28-11-13-5-7-14(26-3)8-6-13)22-18(24)16(21)19(22)29-10-9-15(23)27-4/h5-10,16,19H,11H2,1-4H3/t16-,19+/m0/s1. The number of thioether (sulfide) groups is 1. The van der Waals surface area contributed by atoms with Crippen molar-refractivity contribution in [2.75, 3.05) is 14.2 Å². The van der Waals surface area contributed by atoms with Crippen molar-refractivity contribution in [2.24, 2.45) is 0 Å². The molecule has 0 unspecified atom stereocenters. The van der Waals surface area contributed by atoms with Gasteiger partial charge in [0.05, 0.1) is 14.2 Å². The van der Waals surface area contributed by atoms with E-state index in [0.29, 0.717) is 11.3 Å². The van der Waals surface area contributed by atoms with Gasteiger partial charge in [0.15, 0.2) is 0 Å². The van der Waals surface area contributed by atoms with E-state index in [4.69, 9.17) is 9.47 Å². The SMILES string of the molecule is COC(=O)C=CS[C@@H]1[C@@H](Br)C(=O)N1C(C(=O)OCc1ccc(OC)cc1)=C(C)C. The molecule has 0 aliphatic carbocycles. The lowest BCUT2D eigenvalue weighted by Gasteiger charge is -2.44. The van der Waals surface area contributed by atoms with Crippen LogP contribution in [0.2, 0.25) is 0 Å². The van der Waals surface area contributed by atoms with Gasteiger partial charge in [-0.3, -0.25) is 9.69 Å². The van der Waals surface area contributed by atoms with Crippen LogP contribution in [-0.2, 0) is 30.5 Å². The van der Waals surface area contributed by atoms with Crippen molar-refractivity contribution in [3.63, 3.8) is 0 Å². The number of allylic oxidation sites excluding steroid dienone is 1. The molecule has 9 heteroatoms. The fourth-order valence-corrected chi connectivity index (χ4v) is 4.29. The minimum Gasteiger partial charge on any atom is -0.497 e. The Kier molecular flexibility index (Phi) is 8.33. The van der Waals surface area contributed by atoms with E-state index in [2.05, 4.69) is 20.7 Å². The third-order valence-corrected chi connectivity index (χ3v) is 6.34. The Labute approximate surface area is 182 Å². The average molecular weight is 484 g/mol. The summed E-state index contributed by atoms with van der Waals surface area (Å²) in [4.78, 5) is 37.3. The van der Waals surface area contributed by atoms with Crippen LogP contribution in [-0.4, -0.2) is 47.2 Å². The Bertz CT molecular complexity index is 832. The van der Waals surface area contributed by atoms with Gasteiger partial charge in [-0.1, -0.05) is 28.1 Å². The predicted molar refractivity (Wildman–Crippen MR) is 113 cm³/mol. The summed E-state index contributed by atoms with van der Waals surface area (Å²) >= 11 is 4.55. The first-order chi connectivity index (χ1) is 13.8. The third-order valence-electron chi connectivity index (χ3n) is 4.04. The van der Waals surface area contributed by atoms with Crippen LogP contribution in [0.3, 0.4) is 0 Å². The zero-order valence-corrected chi connectivity index (χ0v) is 18.9. The molecule has 0 N–H and O–H groups in total. The van der Waals surface area contributed by atoms with Crippen molar-refractivity contribution in [1.82, 2.24) is 4.90 Å². The highest BCUT2D eigenvalue weighted by molar-refractivity contribution is 9.10. The van der Waals surface area contributed by atoms with E-state index in [1.54, 1.807) is 45.2 Å². The first-order valence-electron chi connectivity index (χ1n) is 8.64. The Morgan fingerprint density at radius 1 is 1.21 bits per heavy atom. The molecule has 7 nitrogen and oxygen atoms in total. The van der Waals surface area contributed by atoms with Crippen LogP contribution in [0.25, 0.3) is 0 Å². The number of β-lactam (4-membered cyclic amide) rings is 1. The lowest BCUT2D eigenvalue weighted by atomic mass is 10.1. The second-order valence-electron chi connectivity index (χ2n) is 6.24. The molecular weight excluding hydrogens is 462 g/mol. The van der Waals surface area contributed by atoms with Gasteiger partial charge in [-0.15, -0.1) is 11.8 Å². The molecule has 156 valence electrons. The van der Waals surface area contributed by atoms with E-state index in [0.717, 1.165) is 5.56 Å². The van der Waals surface area contributed by atoms with E-state index in [1.165, 1.54) is 35.3 Å². The fourth-order valence-electron chi connectivity index (χ4n) is 2.52. The zero-order valence-electron chi connectivity index (χ0n) is 16.5. The van der Waals surface area contributed by atoms with Crippen molar-refractivity contribution in [2.45, 2.75) is 30.7 Å². The van der Waals surface area contributed by atoms with Crippen molar-refractivity contribution >= 4 is 45.5 Å². The molecule has 2 rings (SSSR count). The van der Waals surface area contributed by atoms with Gasteiger partial charge in [0, 0.05) is 6.08 Å². The number of carbonyl (C=O) groups is 3. The molecule has 1 amide bonds. The maximum atomic E-state index is 12.7. The van der Waals surface area contributed by atoms with Crippen molar-refractivity contribution in [3.05, 3.63) is 52.6 Å². The molecule has 0 spiro atoms. The summed E-state index contributed by atoms with van der Waals surface area (Å²) < 4.78 is 15.1. The molecule has 1 aromatic carbocycles. The van der Waals surface area contributed by atoms with Crippen LogP contribution < -0.4 is 4.74 Å². The third kappa shape index (κ3) is 5.63. The van der Waals surface area contributed by atoms with Gasteiger partial charge in [-0.2, -0.15) is 0 Å². The zero-order chi connectivity index (χ0) is 21.6. The molecule has 0 saturated carbocycles. The number of benzene rings is 1. The minimum atomic E-state index is -0.587. The van der Waals surface area contributed by atoms with Crippen LogP contribution in [0.15, 0.2) is 47.0 Å². The van der Waals surface area contributed by atoms with Gasteiger partial charge in [0.1, 0.15) is 28.3 Å². The highest BCUT2D eigenvalue weighted by Crippen LogP contribution is 2.39. The van der Waals surface area contributed by atoms with E-state index in [-0.39, 0.29) is 23.6 Å². The number of methoxy groups -OCH3 is 2. The maximum absolute atomic E-state index is 12.7. The van der Waals surface area contributed by atoms with Gasteiger partial charge in [0.2, 0.25) is 5.91 Å². The number of ether oxygens (including phenoxy) is 3. The number of esters is 2. The van der Waals surface area contributed by atoms with Crippen LogP contribution >= 0.6 is 27.7 Å². The van der Waals surface area contributed by atoms with Crippen molar-refractivity contribution < 1.29 is 28.6 Å². The summed E-state index contributed by atoms with van der Waals surface area (Å²) in [6, 6.07) is 7.15. The molecule has 1 saturated heterocycles. The number of halogens is 1. The van der Waals surface area contributed by atoms with E-state index >= 15 is 0 Å². The molecule has 1 aromatic rings. The molecule has 0 aromatic heterocycles. The molecule has 0 radical (unpaired) electrons. The summed E-state index contributed by atoms with van der Waals surface area (Å²) in [5.74, 6) is -0.621. The van der Waals surface area contributed by atoms with Gasteiger partial charge in [0.25, 0.3) is 0 Å². The number of hydrogen-bond acceptors (Lipinski definition) is 7. The Morgan fingerprint density at radius 2 is 1.86 bits per heavy atom. The quantitative estimate of drug-likeness (QED) is 0.242. The molecule has 0 bridgehead atoms. The van der Waals surface area contributed by atoms with E-state index < -0.39 is 16.8 Å². The largest absolute Gasteiger partial charge is 0.497 e. The van der Waals surface area contributed by atoms with E-state index in [9.17, 15) is 14.4 Å². The average Bonchev–Trinajstić information content (AvgIpc) is 2.73. The fraction of sp³-hybridized carbons (Fsp3) is 0.350. The molecule has 29 heavy (non-hydrogen) atoms. The Balaban J connectivity index is 2.09. The second kappa shape index (κ2) is 10.5. The van der Waals surface area contributed by atoms with Crippen molar-refractivity contribution in [1.29, 1.82) is 0 Å². The molecule has 1 fully saturated rings. The topological polar surface area (TPSA) is 82.1 Å². The Morgan fingerprint density at radius 3 is 2.41 bits per heavy atom. The molecule has 1 aliphatic rings. The summed E-state index contributed by atoms with van der Waals surface area (Å²) in [5.41, 5.74) is 1.65. The smallest absolute Gasteiger partial charge is 0.355 e. The van der Waals surface area contributed by atoms with Gasteiger partial charge in [-0.25, -0.2) is 9.59 Å². The normalized spacial score (nSPS) is 18.2. The molecule has 1 heterocycles. The highest BCUT2D eigenvalue weighted by atomic mass is 79.9. The maximum Gasteiger partial charge on any atom is 0.355 e. The number of carbonyl (C=O) groups excluding carboxylic acids is 3. The number of amides is 1. The Hall–Kier alpha value is -2.26. The molecule has 1 aliphatic heterocycles. The van der Waals surface area contributed by atoms with Gasteiger partial charge < -0.3 is 14.2 Å². The molecule has 2 atom stereocenters. The number of hydrogen-bond donors (Lipinski definition) is 0. The minimum absolute atomic E-state index is 0.0689. The number of rotatable bonds is 8. The monoisotopic (exact) mass is 483 g/mol. The molecular formula is C20H22BrNO6S. The second-order valence-corrected chi connectivity index (χ2v) is 8.25. The van der Waals surface area contributed by atoms with Crippen LogP contribution in [0, 0.1) is 0 Å². The number of nitrogens with zero attached hydrogens (tertiary/aromatic N) is 1. The summed E-state index contributed by atoms with van der Waals surface area (Å²) in [6.07, 6.45) is 1.26. The van der Waals surface area contributed by atoms with Gasteiger partial charge >= 0.3 is 11.9 Å². The van der Waals surface area contributed by atoms with Crippen LogP contribution in [0.4, 0.5) is 0 Å². The van der Waals surface area contributed by atoms with E-state index in [1.807, 2.05) is 0 Å². The predicted octanol–water partition coefficient (Wildman–Crippen LogP) is 3.38. The van der Waals surface area contributed by atoms with Crippen LogP contribution in [0.5, 0.6) is 5.75 Å². The summed E-state index contributed by atoms with van der Waals surface area (Å²) in [5, 5.41) is 1.15.